The average Bonchev–Trinajstić information content (AvgIpc) is 2.75. The molecule has 5 nitrogen and oxygen atoms in total. The molecule has 3 heterocycles. The summed E-state index contributed by atoms with van der Waals surface area (Å²) in [5.41, 5.74) is 10.1. The number of thioether (sulfide) groups is 1. The predicted octanol–water partition coefficient (Wildman–Crippen LogP) is 2.80. The van der Waals surface area contributed by atoms with E-state index in [-0.39, 0.29) is 12.1 Å². The van der Waals surface area contributed by atoms with Gasteiger partial charge in [0.2, 0.25) is 0 Å². The molecule has 2 aliphatic rings. The van der Waals surface area contributed by atoms with Gasteiger partial charge in [0.1, 0.15) is 11.7 Å². The molecule has 2 aromatic rings. The third kappa shape index (κ3) is 2.27. The van der Waals surface area contributed by atoms with E-state index in [1.807, 2.05) is 0 Å². The van der Waals surface area contributed by atoms with E-state index in [9.17, 15) is 0 Å². The lowest BCUT2D eigenvalue weighted by atomic mass is 9.95. The van der Waals surface area contributed by atoms with Crippen LogP contribution in [-0.4, -0.2) is 41.4 Å². The highest BCUT2D eigenvalue weighted by Gasteiger charge is 2.37. The number of ether oxygens (including phenoxy) is 1. The second-order valence-corrected chi connectivity index (χ2v) is 7.50. The zero-order valence-corrected chi connectivity index (χ0v) is 14.7. The van der Waals surface area contributed by atoms with Crippen molar-refractivity contribution in [2.75, 3.05) is 25.3 Å². The van der Waals surface area contributed by atoms with Gasteiger partial charge < -0.3 is 15.5 Å². The van der Waals surface area contributed by atoms with Crippen molar-refractivity contribution in [3.05, 3.63) is 27.9 Å². The van der Waals surface area contributed by atoms with Gasteiger partial charge in [-0.25, -0.2) is 0 Å². The second-order valence-electron chi connectivity index (χ2n) is 5.67. The molecule has 118 valence electrons. The lowest BCUT2D eigenvalue weighted by Crippen LogP contribution is -2.44. The summed E-state index contributed by atoms with van der Waals surface area (Å²) in [4.78, 5) is 9.43. The van der Waals surface area contributed by atoms with Crippen LogP contribution in [0.25, 0.3) is 10.9 Å². The number of nitrogens with one attached hydrogen (secondary N) is 1. The van der Waals surface area contributed by atoms with Crippen molar-refractivity contribution in [2.24, 2.45) is 5.73 Å². The fourth-order valence-corrected chi connectivity index (χ4v) is 4.67. The topological polar surface area (TPSA) is 63.5 Å². The van der Waals surface area contributed by atoms with Crippen molar-refractivity contribution in [3.63, 3.8) is 0 Å². The minimum absolute atomic E-state index is 0.0601. The summed E-state index contributed by atoms with van der Waals surface area (Å²) in [5, 5.41) is 3.27. The Hall–Kier alpha value is -0.730. The third-order valence-electron chi connectivity index (χ3n) is 4.42. The summed E-state index contributed by atoms with van der Waals surface area (Å²) < 4.78 is 6.39. The Kier molecular flexibility index (Phi) is 3.86. The number of halogens is 1. The van der Waals surface area contributed by atoms with Crippen LogP contribution in [0.3, 0.4) is 0 Å². The zero-order valence-electron chi connectivity index (χ0n) is 12.3. The van der Waals surface area contributed by atoms with Gasteiger partial charge >= 0.3 is 0 Å². The molecule has 1 fully saturated rings. The molecule has 0 unspecified atom stereocenters. The summed E-state index contributed by atoms with van der Waals surface area (Å²) in [7, 11) is 1.69. The molecule has 0 radical (unpaired) electrons. The molecule has 2 atom stereocenters. The smallest absolute Gasteiger partial charge is 0.133 e. The molecule has 7 heteroatoms. The molecule has 0 aliphatic carbocycles. The van der Waals surface area contributed by atoms with Crippen molar-refractivity contribution in [3.8, 4) is 5.75 Å². The van der Waals surface area contributed by atoms with Crippen LogP contribution < -0.4 is 10.5 Å². The summed E-state index contributed by atoms with van der Waals surface area (Å²) in [6.07, 6.45) is 0.952. The maximum Gasteiger partial charge on any atom is 0.133 e. The van der Waals surface area contributed by atoms with E-state index in [1.54, 1.807) is 18.9 Å². The van der Waals surface area contributed by atoms with Crippen molar-refractivity contribution >= 4 is 38.6 Å². The van der Waals surface area contributed by atoms with E-state index in [1.165, 1.54) is 16.6 Å². The summed E-state index contributed by atoms with van der Waals surface area (Å²) >= 11 is 5.31. The Labute approximate surface area is 141 Å². The number of benzene rings is 1. The molecule has 0 spiro atoms. The van der Waals surface area contributed by atoms with Crippen LogP contribution >= 0.6 is 27.7 Å². The van der Waals surface area contributed by atoms with Crippen LogP contribution in [0.2, 0.25) is 0 Å². The van der Waals surface area contributed by atoms with E-state index in [4.69, 9.17) is 15.3 Å². The minimum Gasteiger partial charge on any atom is -0.496 e. The number of fused-ring (bicyclic) bond motifs is 5. The third-order valence-corrected chi connectivity index (χ3v) is 5.93. The van der Waals surface area contributed by atoms with E-state index in [2.05, 4.69) is 38.1 Å². The first-order valence-corrected chi connectivity index (χ1v) is 9.24. The Morgan fingerprint density at radius 1 is 1.50 bits per heavy atom. The zero-order chi connectivity index (χ0) is 15.3. The fourth-order valence-electron chi connectivity index (χ4n) is 3.41. The van der Waals surface area contributed by atoms with Gasteiger partial charge in [-0.1, -0.05) is 0 Å². The highest BCUT2D eigenvalue weighted by Crippen LogP contribution is 2.40. The largest absolute Gasteiger partial charge is 0.496 e. The molecule has 0 saturated carbocycles. The molecule has 1 saturated heterocycles. The number of aromatic amines is 1. The number of nitrogens with two attached hydrogens (primary N) is 1. The maximum absolute atomic E-state index is 6.42. The number of hydrogen-bond acceptors (Lipinski definition) is 5. The summed E-state index contributed by atoms with van der Waals surface area (Å²) in [5.74, 6) is 2.44. The number of hydroxylamine groups is 2. The van der Waals surface area contributed by atoms with Gasteiger partial charge in [-0.2, -0.15) is 5.06 Å². The van der Waals surface area contributed by atoms with Gasteiger partial charge in [-0.3, -0.25) is 4.84 Å². The number of methoxy groups -OCH3 is 1. The monoisotopic (exact) mass is 383 g/mol. The Morgan fingerprint density at radius 3 is 3.18 bits per heavy atom. The van der Waals surface area contributed by atoms with E-state index in [0.717, 1.165) is 34.5 Å². The number of rotatable bonds is 1. The normalized spacial score (nSPS) is 25.6. The SMILES string of the molecule is COc1cc2c3c([nH]c2cc1Br)[C@@H]1[C@H](N)CSCON1CC3. The van der Waals surface area contributed by atoms with Crippen LogP contribution in [0.5, 0.6) is 5.75 Å². The number of nitrogens with zero attached hydrogens (tertiary/aromatic N) is 1. The first-order valence-electron chi connectivity index (χ1n) is 7.30. The first kappa shape index (κ1) is 14.8. The van der Waals surface area contributed by atoms with Crippen LogP contribution in [0.15, 0.2) is 16.6 Å². The number of aromatic nitrogens is 1. The van der Waals surface area contributed by atoms with E-state index in [0.29, 0.717) is 5.94 Å². The van der Waals surface area contributed by atoms with E-state index >= 15 is 0 Å². The molecular weight excluding hydrogens is 366 g/mol. The molecule has 1 aromatic carbocycles. The quantitative estimate of drug-likeness (QED) is 0.792. The minimum atomic E-state index is 0.0601. The highest BCUT2D eigenvalue weighted by molar-refractivity contribution is 9.10. The molecule has 0 amide bonds. The summed E-state index contributed by atoms with van der Waals surface area (Å²) in [6, 6.07) is 4.33. The van der Waals surface area contributed by atoms with Gasteiger partial charge in [0.15, 0.2) is 0 Å². The highest BCUT2D eigenvalue weighted by atomic mass is 79.9. The molecule has 4 rings (SSSR count). The van der Waals surface area contributed by atoms with Gasteiger partial charge in [0.05, 0.1) is 17.6 Å². The number of H-pyrrole nitrogens is 1. The first-order chi connectivity index (χ1) is 10.7. The van der Waals surface area contributed by atoms with Gasteiger partial charge in [0, 0.05) is 34.9 Å². The lowest BCUT2D eigenvalue weighted by molar-refractivity contribution is -0.175. The van der Waals surface area contributed by atoms with Crippen LogP contribution in [0.1, 0.15) is 17.3 Å². The standard InChI is InChI=1S/C15H18BrN3O2S/c1-20-13-4-9-8-2-3-19-15(11(17)6-22-7-21-19)14(8)18-12(9)5-10(13)16/h4-5,11,15,18H,2-3,6-7,17H2,1H3/t11-,15+/m1/s1. The molecule has 2 aliphatic heterocycles. The average molecular weight is 384 g/mol. The Balaban J connectivity index is 1.88. The van der Waals surface area contributed by atoms with Crippen molar-refractivity contribution in [2.45, 2.75) is 18.5 Å². The van der Waals surface area contributed by atoms with Crippen LogP contribution in [-0.2, 0) is 11.3 Å². The molecule has 3 N–H and O–H groups in total. The van der Waals surface area contributed by atoms with Crippen molar-refractivity contribution in [1.29, 1.82) is 0 Å². The Morgan fingerprint density at radius 2 is 2.36 bits per heavy atom. The molecule has 1 aromatic heterocycles. The van der Waals surface area contributed by atoms with Crippen molar-refractivity contribution < 1.29 is 9.57 Å². The van der Waals surface area contributed by atoms with Gasteiger partial charge in [-0.15, -0.1) is 11.8 Å². The Bertz CT molecular complexity index is 720. The van der Waals surface area contributed by atoms with E-state index < -0.39 is 0 Å². The van der Waals surface area contributed by atoms with Crippen LogP contribution in [0.4, 0.5) is 0 Å². The van der Waals surface area contributed by atoms with Crippen LogP contribution in [0, 0.1) is 0 Å². The molecular formula is C15H18BrN3O2S. The maximum atomic E-state index is 6.42. The summed E-state index contributed by atoms with van der Waals surface area (Å²) in [6.45, 7) is 0.872. The lowest BCUT2D eigenvalue weighted by Gasteiger charge is -2.35. The van der Waals surface area contributed by atoms with Gasteiger partial charge in [-0.05, 0) is 40.0 Å². The second kappa shape index (κ2) is 5.72. The van der Waals surface area contributed by atoms with Crippen molar-refractivity contribution in [1.82, 2.24) is 10.0 Å². The predicted molar refractivity (Wildman–Crippen MR) is 92.1 cm³/mol. The molecule has 0 bridgehead atoms. The van der Waals surface area contributed by atoms with Gasteiger partial charge in [0.25, 0.3) is 0 Å². The molecule has 22 heavy (non-hydrogen) atoms. The number of hydrogen-bond donors (Lipinski definition) is 2. The fraction of sp³-hybridized carbons (Fsp3) is 0.467.